The molecule has 1 amide bonds. The number of furan rings is 1. The summed E-state index contributed by atoms with van der Waals surface area (Å²) in [6.07, 6.45) is 3.71. The molecule has 0 aliphatic rings. The van der Waals surface area contributed by atoms with Crippen LogP contribution in [0.4, 0.5) is 0 Å². The van der Waals surface area contributed by atoms with Crippen LogP contribution in [0.25, 0.3) is 21.0 Å². The van der Waals surface area contributed by atoms with Crippen LogP contribution in [0.2, 0.25) is 0 Å². The lowest BCUT2D eigenvalue weighted by atomic mass is 10.3. The standard InChI is InChI=1S/C17H14N4O3S2/c1-3-10-7-11-15(26-10)18-8-21(17(11)23)20-14(22)13-9(2)25-16(19-13)12-5-4-6-24-12/h4-8H,3H2,1-2H3,(H,20,22). The highest BCUT2D eigenvalue weighted by Crippen LogP contribution is 2.28. The number of aryl methyl sites for hydroxylation is 2. The summed E-state index contributed by atoms with van der Waals surface area (Å²) in [5.74, 6) is 0.133. The number of hydrogen-bond acceptors (Lipinski definition) is 7. The van der Waals surface area contributed by atoms with Crippen LogP contribution >= 0.6 is 22.7 Å². The second kappa shape index (κ2) is 6.50. The number of hydrogen-bond donors (Lipinski definition) is 1. The smallest absolute Gasteiger partial charge is 0.289 e. The summed E-state index contributed by atoms with van der Waals surface area (Å²) >= 11 is 2.84. The summed E-state index contributed by atoms with van der Waals surface area (Å²) in [6.45, 7) is 3.82. The van der Waals surface area contributed by atoms with Gasteiger partial charge in [0.05, 0.1) is 11.6 Å². The zero-order valence-corrected chi connectivity index (χ0v) is 15.6. The number of nitrogens with one attached hydrogen (secondary N) is 1. The number of carbonyl (C=O) groups is 1. The fraction of sp³-hybridized carbons (Fsp3) is 0.176. The van der Waals surface area contributed by atoms with Crippen LogP contribution in [0.5, 0.6) is 0 Å². The van der Waals surface area contributed by atoms with Crippen molar-refractivity contribution in [3.63, 3.8) is 0 Å². The molecule has 132 valence electrons. The number of nitrogens with zero attached hydrogens (tertiary/aromatic N) is 3. The predicted octanol–water partition coefficient (Wildman–Crippen LogP) is 3.43. The number of rotatable bonds is 4. The fourth-order valence-corrected chi connectivity index (χ4v) is 4.31. The summed E-state index contributed by atoms with van der Waals surface area (Å²) in [5, 5.41) is 1.12. The maximum atomic E-state index is 12.6. The third-order valence-corrected chi connectivity index (χ3v) is 5.99. The van der Waals surface area contributed by atoms with Crippen molar-refractivity contribution in [3.05, 3.63) is 56.6 Å². The van der Waals surface area contributed by atoms with E-state index in [1.807, 2.05) is 13.0 Å². The van der Waals surface area contributed by atoms with Crippen LogP contribution < -0.4 is 11.0 Å². The first-order valence-electron chi connectivity index (χ1n) is 7.89. The fourth-order valence-electron chi connectivity index (χ4n) is 2.50. The molecule has 0 saturated carbocycles. The van der Waals surface area contributed by atoms with Gasteiger partial charge in [-0.25, -0.2) is 14.6 Å². The molecular weight excluding hydrogens is 372 g/mol. The van der Waals surface area contributed by atoms with Crippen LogP contribution in [-0.2, 0) is 6.42 Å². The first-order chi connectivity index (χ1) is 12.6. The molecule has 4 rings (SSSR count). The van der Waals surface area contributed by atoms with Crippen molar-refractivity contribution in [2.24, 2.45) is 0 Å². The zero-order valence-electron chi connectivity index (χ0n) is 14.0. The first kappa shape index (κ1) is 16.7. The quantitative estimate of drug-likeness (QED) is 0.580. The topological polar surface area (TPSA) is 90.0 Å². The van der Waals surface area contributed by atoms with E-state index in [9.17, 15) is 9.59 Å². The lowest BCUT2D eigenvalue weighted by Gasteiger charge is -2.06. The summed E-state index contributed by atoms with van der Waals surface area (Å²) < 4.78 is 6.42. The van der Waals surface area contributed by atoms with E-state index in [1.165, 1.54) is 29.0 Å². The van der Waals surface area contributed by atoms with E-state index in [4.69, 9.17) is 4.42 Å². The van der Waals surface area contributed by atoms with Crippen molar-refractivity contribution in [3.8, 4) is 10.8 Å². The molecule has 1 N–H and O–H groups in total. The molecule has 0 aliphatic heterocycles. The average molecular weight is 386 g/mol. The Bertz CT molecular complexity index is 1150. The number of aromatic nitrogens is 3. The van der Waals surface area contributed by atoms with Gasteiger partial charge >= 0.3 is 0 Å². The largest absolute Gasteiger partial charge is 0.462 e. The van der Waals surface area contributed by atoms with E-state index in [1.54, 1.807) is 25.3 Å². The van der Waals surface area contributed by atoms with E-state index in [2.05, 4.69) is 15.4 Å². The van der Waals surface area contributed by atoms with Gasteiger partial charge in [0.1, 0.15) is 16.9 Å². The lowest BCUT2D eigenvalue weighted by molar-refractivity contribution is 0.100. The molecule has 0 fully saturated rings. The monoisotopic (exact) mass is 386 g/mol. The molecule has 0 aromatic carbocycles. The number of thiazole rings is 1. The van der Waals surface area contributed by atoms with Gasteiger partial charge in [-0.3, -0.25) is 15.0 Å². The number of fused-ring (bicyclic) bond motifs is 1. The predicted molar refractivity (Wildman–Crippen MR) is 102 cm³/mol. The molecule has 0 bridgehead atoms. The van der Waals surface area contributed by atoms with Gasteiger partial charge in [0, 0.05) is 9.75 Å². The van der Waals surface area contributed by atoms with Crippen molar-refractivity contribution in [1.29, 1.82) is 0 Å². The molecular formula is C17H14N4O3S2. The van der Waals surface area contributed by atoms with E-state index < -0.39 is 5.91 Å². The molecule has 0 unspecified atom stereocenters. The summed E-state index contributed by atoms with van der Waals surface area (Å²) in [4.78, 5) is 36.2. The lowest BCUT2D eigenvalue weighted by Crippen LogP contribution is -2.33. The highest BCUT2D eigenvalue weighted by atomic mass is 32.1. The van der Waals surface area contributed by atoms with Gasteiger partial charge in [-0.1, -0.05) is 6.92 Å². The van der Waals surface area contributed by atoms with Crippen molar-refractivity contribution < 1.29 is 9.21 Å². The third-order valence-electron chi connectivity index (χ3n) is 3.82. The molecule has 7 nitrogen and oxygen atoms in total. The number of thiophene rings is 1. The second-order valence-electron chi connectivity index (χ2n) is 5.55. The molecule has 0 radical (unpaired) electrons. The average Bonchev–Trinajstić information content (AvgIpc) is 3.35. The normalized spacial score (nSPS) is 11.2. The van der Waals surface area contributed by atoms with E-state index in [0.29, 0.717) is 21.0 Å². The highest BCUT2D eigenvalue weighted by molar-refractivity contribution is 7.18. The van der Waals surface area contributed by atoms with E-state index >= 15 is 0 Å². The number of carbonyl (C=O) groups excluding carboxylic acids is 1. The minimum Gasteiger partial charge on any atom is -0.462 e. The summed E-state index contributed by atoms with van der Waals surface area (Å²) in [5.41, 5.74) is 2.52. The molecule has 4 aromatic heterocycles. The van der Waals surface area contributed by atoms with Gasteiger partial charge in [0.25, 0.3) is 11.5 Å². The zero-order chi connectivity index (χ0) is 18.3. The Hall–Kier alpha value is -2.78. The molecule has 0 saturated heterocycles. The molecule has 0 aliphatic carbocycles. The Morgan fingerprint density at radius 3 is 2.96 bits per heavy atom. The Balaban J connectivity index is 1.65. The third kappa shape index (κ3) is 2.85. The molecule has 0 spiro atoms. The Morgan fingerprint density at radius 2 is 2.23 bits per heavy atom. The van der Waals surface area contributed by atoms with Crippen LogP contribution in [0.3, 0.4) is 0 Å². The first-order valence-corrected chi connectivity index (χ1v) is 9.53. The Morgan fingerprint density at radius 1 is 1.38 bits per heavy atom. The van der Waals surface area contributed by atoms with Gasteiger partial charge < -0.3 is 4.42 Å². The van der Waals surface area contributed by atoms with Crippen LogP contribution in [0, 0.1) is 6.92 Å². The van der Waals surface area contributed by atoms with Crippen molar-refractivity contribution in [2.45, 2.75) is 20.3 Å². The molecule has 9 heteroatoms. The van der Waals surface area contributed by atoms with Crippen molar-refractivity contribution in [2.75, 3.05) is 5.43 Å². The van der Waals surface area contributed by atoms with Crippen molar-refractivity contribution in [1.82, 2.24) is 14.6 Å². The molecule has 26 heavy (non-hydrogen) atoms. The number of amides is 1. The SMILES string of the molecule is CCc1cc2c(=O)n(NC(=O)c3nc(-c4ccco4)sc3C)cnc2s1. The Labute approximate surface area is 155 Å². The molecule has 0 atom stereocenters. The van der Waals surface area contributed by atoms with Gasteiger partial charge in [-0.15, -0.1) is 22.7 Å². The minimum absolute atomic E-state index is 0.257. The van der Waals surface area contributed by atoms with Gasteiger partial charge in [-0.2, -0.15) is 0 Å². The van der Waals surface area contributed by atoms with Gasteiger partial charge in [0.15, 0.2) is 10.8 Å². The highest BCUT2D eigenvalue weighted by Gasteiger charge is 2.19. The maximum absolute atomic E-state index is 12.6. The second-order valence-corrected chi connectivity index (χ2v) is 7.87. The molecule has 4 heterocycles. The van der Waals surface area contributed by atoms with Crippen LogP contribution in [0.15, 0.2) is 40.0 Å². The van der Waals surface area contributed by atoms with Crippen molar-refractivity contribution >= 4 is 38.8 Å². The maximum Gasteiger partial charge on any atom is 0.289 e. The van der Waals surface area contributed by atoms with Crippen LogP contribution in [-0.4, -0.2) is 20.6 Å². The van der Waals surface area contributed by atoms with Gasteiger partial charge in [0.2, 0.25) is 0 Å². The Kier molecular flexibility index (Phi) is 4.17. The van der Waals surface area contributed by atoms with Gasteiger partial charge in [-0.05, 0) is 31.5 Å². The van der Waals surface area contributed by atoms with E-state index in [-0.39, 0.29) is 11.3 Å². The van der Waals surface area contributed by atoms with E-state index in [0.717, 1.165) is 20.9 Å². The summed E-state index contributed by atoms with van der Waals surface area (Å²) in [6, 6.07) is 5.36. The summed E-state index contributed by atoms with van der Waals surface area (Å²) in [7, 11) is 0. The van der Waals surface area contributed by atoms with Crippen LogP contribution in [0.1, 0.15) is 27.2 Å². The molecule has 4 aromatic rings. The minimum atomic E-state index is -0.467.